The van der Waals surface area contributed by atoms with E-state index in [1.54, 1.807) is 0 Å². The van der Waals surface area contributed by atoms with Gasteiger partial charge < -0.3 is 10.8 Å². The molecule has 2 nitrogen and oxygen atoms in total. The van der Waals surface area contributed by atoms with Crippen molar-refractivity contribution in [2.45, 2.75) is 5.37 Å². The van der Waals surface area contributed by atoms with E-state index in [1.165, 1.54) is 0 Å². The molecule has 0 rings (SSSR count). The number of aliphatic hydroxyl groups is 1. The highest BCUT2D eigenvalue weighted by Gasteiger charge is 1.82. The average molecular weight is 93.2 g/mol. The minimum absolute atomic E-state index is 0.0525. The molecule has 1 unspecified atom stereocenters. The van der Waals surface area contributed by atoms with Crippen LogP contribution >= 0.6 is 12.6 Å². The van der Waals surface area contributed by atoms with E-state index in [1.807, 2.05) is 0 Å². The van der Waals surface area contributed by atoms with Crippen molar-refractivity contribution in [3.05, 3.63) is 0 Å². The standard InChI is InChI=1S/C2H7NOS/c3-2(5)1-4/h2,4-5H,1,3H2. The number of rotatable bonds is 1. The second-order valence-electron chi connectivity index (χ2n) is 0.750. The molecule has 0 saturated carbocycles. The number of thiol groups is 1. The lowest BCUT2D eigenvalue weighted by Gasteiger charge is -1.90. The fraction of sp³-hybridized carbons (Fsp3) is 1.00. The fourth-order valence-corrected chi connectivity index (χ4v) is 0. The van der Waals surface area contributed by atoms with E-state index >= 15 is 0 Å². The highest BCUT2D eigenvalue weighted by Crippen LogP contribution is 1.75. The number of hydrogen-bond donors (Lipinski definition) is 3. The van der Waals surface area contributed by atoms with Crippen LogP contribution in [-0.2, 0) is 0 Å². The van der Waals surface area contributed by atoms with E-state index in [0.29, 0.717) is 0 Å². The fourth-order valence-electron chi connectivity index (χ4n) is 0. The van der Waals surface area contributed by atoms with Crippen LogP contribution in [0.2, 0.25) is 0 Å². The number of nitrogens with two attached hydrogens (primary N) is 1. The Labute approximate surface area is 36.4 Å². The molecule has 3 heteroatoms. The Balaban J connectivity index is 2.54. The Morgan fingerprint density at radius 3 is 2.20 bits per heavy atom. The molecular formula is C2H7NOS. The van der Waals surface area contributed by atoms with Crippen LogP contribution in [0.4, 0.5) is 0 Å². The van der Waals surface area contributed by atoms with Crippen LogP contribution in [-0.4, -0.2) is 17.1 Å². The van der Waals surface area contributed by atoms with Gasteiger partial charge in [0.25, 0.3) is 0 Å². The van der Waals surface area contributed by atoms with Crippen LogP contribution in [0.25, 0.3) is 0 Å². The van der Waals surface area contributed by atoms with Crippen molar-refractivity contribution in [1.82, 2.24) is 0 Å². The van der Waals surface area contributed by atoms with Gasteiger partial charge in [0, 0.05) is 0 Å². The predicted octanol–water partition coefficient (Wildman–Crippen LogP) is -0.807. The molecule has 32 valence electrons. The Hall–Kier alpha value is 0.270. The van der Waals surface area contributed by atoms with Gasteiger partial charge in [-0.05, 0) is 0 Å². The van der Waals surface area contributed by atoms with Gasteiger partial charge in [0.15, 0.2) is 0 Å². The Bertz CT molecular complexity index is 23.6. The zero-order valence-electron chi connectivity index (χ0n) is 2.76. The van der Waals surface area contributed by atoms with Gasteiger partial charge in [-0.15, -0.1) is 0 Å². The first-order valence-electron chi connectivity index (χ1n) is 1.32. The summed E-state index contributed by atoms with van der Waals surface area (Å²) in [7, 11) is 0. The van der Waals surface area contributed by atoms with Gasteiger partial charge in [0.2, 0.25) is 0 Å². The molecule has 0 aromatic heterocycles. The molecular weight excluding hydrogens is 86.1 g/mol. The zero-order valence-corrected chi connectivity index (χ0v) is 3.65. The van der Waals surface area contributed by atoms with Gasteiger partial charge >= 0.3 is 0 Å². The molecule has 0 saturated heterocycles. The van der Waals surface area contributed by atoms with Crippen LogP contribution in [0.3, 0.4) is 0 Å². The van der Waals surface area contributed by atoms with Crippen LogP contribution in [0.5, 0.6) is 0 Å². The van der Waals surface area contributed by atoms with Gasteiger partial charge in [-0.2, -0.15) is 12.6 Å². The van der Waals surface area contributed by atoms with E-state index in [4.69, 9.17) is 10.8 Å². The highest BCUT2D eigenvalue weighted by atomic mass is 32.1. The summed E-state index contributed by atoms with van der Waals surface area (Å²) >= 11 is 3.63. The normalized spacial score (nSPS) is 15.0. The molecule has 0 aromatic carbocycles. The van der Waals surface area contributed by atoms with Crippen molar-refractivity contribution >= 4 is 12.6 Å². The molecule has 0 heterocycles. The zero-order chi connectivity index (χ0) is 4.28. The average Bonchev–Trinajstić information content (AvgIpc) is 1.38. The molecule has 0 spiro atoms. The van der Waals surface area contributed by atoms with Crippen molar-refractivity contribution in [2.24, 2.45) is 5.73 Å². The first kappa shape index (κ1) is 5.27. The molecule has 5 heavy (non-hydrogen) atoms. The number of aliphatic hydroxyl groups excluding tert-OH is 1. The van der Waals surface area contributed by atoms with E-state index in [9.17, 15) is 0 Å². The maximum Gasteiger partial charge on any atom is 0.0712 e. The Morgan fingerprint density at radius 1 is 2.00 bits per heavy atom. The molecule has 0 bridgehead atoms. The van der Waals surface area contributed by atoms with E-state index in [-0.39, 0.29) is 12.0 Å². The SMILES string of the molecule is NC(S)CO. The van der Waals surface area contributed by atoms with Gasteiger partial charge in [-0.3, -0.25) is 0 Å². The molecule has 0 aromatic rings. The van der Waals surface area contributed by atoms with Gasteiger partial charge in [-0.1, -0.05) is 0 Å². The van der Waals surface area contributed by atoms with Crippen LogP contribution in [0.1, 0.15) is 0 Å². The molecule has 0 amide bonds. The first-order valence-corrected chi connectivity index (χ1v) is 1.83. The van der Waals surface area contributed by atoms with Crippen LogP contribution in [0.15, 0.2) is 0 Å². The summed E-state index contributed by atoms with van der Waals surface area (Å²) in [5.74, 6) is 0. The smallest absolute Gasteiger partial charge is 0.0712 e. The van der Waals surface area contributed by atoms with Crippen molar-refractivity contribution in [1.29, 1.82) is 0 Å². The van der Waals surface area contributed by atoms with Crippen molar-refractivity contribution in [3.63, 3.8) is 0 Å². The van der Waals surface area contributed by atoms with Crippen LogP contribution in [0, 0.1) is 0 Å². The monoisotopic (exact) mass is 93.0 g/mol. The molecule has 0 fully saturated rings. The number of hydrogen-bond acceptors (Lipinski definition) is 3. The van der Waals surface area contributed by atoms with Gasteiger partial charge in [0.05, 0.1) is 12.0 Å². The summed E-state index contributed by atoms with van der Waals surface area (Å²) in [4.78, 5) is 0. The van der Waals surface area contributed by atoms with Gasteiger partial charge in [0.1, 0.15) is 0 Å². The summed E-state index contributed by atoms with van der Waals surface area (Å²) < 4.78 is 0. The Kier molecular flexibility index (Phi) is 2.64. The summed E-state index contributed by atoms with van der Waals surface area (Å²) in [6.45, 7) is -0.0525. The minimum Gasteiger partial charge on any atom is -0.394 e. The quantitative estimate of drug-likeness (QED) is 0.293. The van der Waals surface area contributed by atoms with Crippen LogP contribution < -0.4 is 5.73 Å². The maximum absolute atomic E-state index is 7.94. The molecule has 0 radical (unpaired) electrons. The molecule has 0 aliphatic heterocycles. The molecule has 1 atom stereocenters. The highest BCUT2D eigenvalue weighted by molar-refractivity contribution is 7.80. The lowest BCUT2D eigenvalue weighted by atomic mass is 10.7. The second-order valence-corrected chi connectivity index (χ2v) is 1.41. The largest absolute Gasteiger partial charge is 0.394 e. The third-order valence-corrected chi connectivity index (χ3v) is 0.350. The van der Waals surface area contributed by atoms with Crippen molar-refractivity contribution in [2.75, 3.05) is 6.61 Å². The lowest BCUT2D eigenvalue weighted by Crippen LogP contribution is -2.15. The summed E-state index contributed by atoms with van der Waals surface area (Å²) in [6, 6.07) is 0. The van der Waals surface area contributed by atoms with E-state index in [0.717, 1.165) is 0 Å². The van der Waals surface area contributed by atoms with Gasteiger partial charge in [-0.25, -0.2) is 0 Å². The molecule has 0 aliphatic rings. The van der Waals surface area contributed by atoms with E-state index < -0.39 is 0 Å². The maximum atomic E-state index is 7.94. The molecule has 3 N–H and O–H groups in total. The van der Waals surface area contributed by atoms with E-state index in [2.05, 4.69) is 12.6 Å². The Morgan fingerprint density at radius 2 is 2.20 bits per heavy atom. The minimum atomic E-state index is -0.366. The lowest BCUT2D eigenvalue weighted by molar-refractivity contribution is 0.297. The van der Waals surface area contributed by atoms with Crippen molar-refractivity contribution in [3.8, 4) is 0 Å². The third-order valence-electron chi connectivity index (χ3n) is 0.187. The predicted molar refractivity (Wildman–Crippen MR) is 24.0 cm³/mol. The summed E-state index contributed by atoms with van der Waals surface area (Å²) in [6.07, 6.45) is 0. The third kappa shape index (κ3) is 4.27. The second kappa shape index (κ2) is 2.50. The first-order chi connectivity index (χ1) is 2.27. The molecule has 0 aliphatic carbocycles. The summed E-state index contributed by atoms with van der Waals surface area (Å²) in [5.41, 5.74) is 4.91. The summed E-state index contributed by atoms with van der Waals surface area (Å²) in [5, 5.41) is 7.58. The topological polar surface area (TPSA) is 46.2 Å². The van der Waals surface area contributed by atoms with Crippen molar-refractivity contribution < 1.29 is 5.11 Å².